The van der Waals surface area contributed by atoms with Crippen LogP contribution in [-0.4, -0.2) is 28.9 Å². The molecule has 0 N–H and O–H groups in total. The lowest BCUT2D eigenvalue weighted by atomic mass is 10.1. The van der Waals surface area contributed by atoms with Gasteiger partial charge in [-0.05, 0) is 31.2 Å². The van der Waals surface area contributed by atoms with Crippen molar-refractivity contribution in [2.45, 2.75) is 26.0 Å². The third-order valence-electron chi connectivity index (χ3n) is 3.58. The summed E-state index contributed by atoms with van der Waals surface area (Å²) >= 11 is 0. The lowest BCUT2D eigenvalue weighted by Gasteiger charge is -2.23. The van der Waals surface area contributed by atoms with E-state index in [1.807, 2.05) is 25.1 Å². The maximum atomic E-state index is 12.4. The van der Waals surface area contributed by atoms with Crippen LogP contribution >= 0.6 is 0 Å². The molecule has 118 valence electrons. The Labute approximate surface area is 136 Å². The van der Waals surface area contributed by atoms with Crippen molar-refractivity contribution in [2.24, 2.45) is 0 Å². The number of ether oxygens (including phenoxy) is 1. The first kappa shape index (κ1) is 16.5. The van der Waals surface area contributed by atoms with Gasteiger partial charge in [0, 0.05) is 36.6 Å². The zero-order chi connectivity index (χ0) is 16.7. The lowest BCUT2D eigenvalue weighted by molar-refractivity contribution is 0.0745. The molecule has 0 radical (unpaired) electrons. The van der Waals surface area contributed by atoms with Gasteiger partial charge in [-0.2, -0.15) is 5.26 Å². The molecular formula is C18H19N3O2. The van der Waals surface area contributed by atoms with Crippen molar-refractivity contribution in [3.05, 3.63) is 59.9 Å². The van der Waals surface area contributed by atoms with Crippen molar-refractivity contribution in [1.82, 2.24) is 9.88 Å². The maximum absolute atomic E-state index is 12.4. The summed E-state index contributed by atoms with van der Waals surface area (Å²) in [6, 6.07) is 12.8. The molecule has 0 aliphatic carbocycles. The van der Waals surface area contributed by atoms with Gasteiger partial charge in [-0.25, -0.2) is 0 Å². The third-order valence-corrected chi connectivity index (χ3v) is 3.58. The van der Waals surface area contributed by atoms with Crippen LogP contribution in [0, 0.1) is 11.3 Å². The standard InChI is InChI=1S/C18H19N3O2/c1-14(8-9-19)21(2)18(22)16-6-3-7-17(11-16)23-13-15-5-4-10-20-12-15/h3-7,10-12,14H,8,13H2,1-2H3. The zero-order valence-corrected chi connectivity index (χ0v) is 13.3. The molecule has 2 rings (SSSR count). The van der Waals surface area contributed by atoms with E-state index < -0.39 is 0 Å². The highest BCUT2D eigenvalue weighted by Crippen LogP contribution is 2.17. The maximum Gasteiger partial charge on any atom is 0.254 e. The first-order valence-corrected chi connectivity index (χ1v) is 7.37. The first-order valence-electron chi connectivity index (χ1n) is 7.37. The topological polar surface area (TPSA) is 66.2 Å². The van der Waals surface area contributed by atoms with Crippen molar-refractivity contribution in [2.75, 3.05) is 7.05 Å². The van der Waals surface area contributed by atoms with Crippen molar-refractivity contribution in [3.8, 4) is 11.8 Å². The molecule has 23 heavy (non-hydrogen) atoms. The molecule has 1 aromatic carbocycles. The number of pyridine rings is 1. The van der Waals surface area contributed by atoms with Gasteiger partial charge in [0.2, 0.25) is 0 Å². The van der Waals surface area contributed by atoms with Gasteiger partial charge < -0.3 is 9.64 Å². The highest BCUT2D eigenvalue weighted by Gasteiger charge is 2.17. The Morgan fingerprint density at radius 1 is 1.39 bits per heavy atom. The minimum Gasteiger partial charge on any atom is -0.489 e. The lowest BCUT2D eigenvalue weighted by Crippen LogP contribution is -2.34. The summed E-state index contributed by atoms with van der Waals surface area (Å²) in [5.74, 6) is 0.501. The van der Waals surface area contributed by atoms with Gasteiger partial charge in [-0.15, -0.1) is 0 Å². The minimum absolute atomic E-state index is 0.125. The molecule has 1 aromatic heterocycles. The summed E-state index contributed by atoms with van der Waals surface area (Å²) < 4.78 is 5.71. The molecule has 0 bridgehead atoms. The molecule has 1 unspecified atom stereocenters. The number of aromatic nitrogens is 1. The number of carbonyl (C=O) groups excluding carboxylic acids is 1. The van der Waals surface area contributed by atoms with Gasteiger partial charge in [0.1, 0.15) is 12.4 Å². The summed E-state index contributed by atoms with van der Waals surface area (Å²) in [6.07, 6.45) is 3.76. The van der Waals surface area contributed by atoms with Gasteiger partial charge >= 0.3 is 0 Å². The van der Waals surface area contributed by atoms with Gasteiger partial charge in [-0.1, -0.05) is 12.1 Å². The van der Waals surface area contributed by atoms with E-state index in [0.717, 1.165) is 5.56 Å². The Kier molecular flexibility index (Phi) is 5.70. The molecule has 1 heterocycles. The highest BCUT2D eigenvalue weighted by molar-refractivity contribution is 5.94. The molecule has 5 heteroatoms. The van der Waals surface area contributed by atoms with E-state index in [1.165, 1.54) is 0 Å². The molecule has 1 amide bonds. The second-order valence-electron chi connectivity index (χ2n) is 5.31. The molecule has 0 aliphatic rings. The van der Waals surface area contributed by atoms with Crippen LogP contribution in [0.4, 0.5) is 0 Å². The quantitative estimate of drug-likeness (QED) is 0.822. The Balaban J connectivity index is 2.04. The van der Waals surface area contributed by atoms with E-state index in [2.05, 4.69) is 11.1 Å². The Morgan fingerprint density at radius 3 is 2.91 bits per heavy atom. The summed E-state index contributed by atoms with van der Waals surface area (Å²) in [6.45, 7) is 2.25. The average molecular weight is 309 g/mol. The molecule has 2 aromatic rings. The van der Waals surface area contributed by atoms with Crippen LogP contribution in [0.5, 0.6) is 5.75 Å². The SMILES string of the molecule is CC(CC#N)N(C)C(=O)c1cccc(OCc2cccnc2)c1. The third kappa shape index (κ3) is 4.55. The fourth-order valence-electron chi connectivity index (χ4n) is 2.04. The van der Waals surface area contributed by atoms with Crippen molar-refractivity contribution in [3.63, 3.8) is 0 Å². The number of benzene rings is 1. The van der Waals surface area contributed by atoms with Crippen molar-refractivity contribution >= 4 is 5.91 Å². The second-order valence-corrected chi connectivity index (χ2v) is 5.31. The number of amides is 1. The average Bonchev–Trinajstić information content (AvgIpc) is 2.60. The van der Waals surface area contributed by atoms with Crippen LogP contribution in [-0.2, 0) is 6.61 Å². The number of nitrogens with zero attached hydrogens (tertiary/aromatic N) is 3. The molecule has 1 atom stereocenters. The number of hydrogen-bond donors (Lipinski definition) is 0. The summed E-state index contributed by atoms with van der Waals surface area (Å²) in [4.78, 5) is 18.0. The summed E-state index contributed by atoms with van der Waals surface area (Å²) in [5, 5.41) is 8.75. The molecular weight excluding hydrogens is 290 g/mol. The van der Waals surface area contributed by atoms with E-state index in [9.17, 15) is 4.79 Å². The highest BCUT2D eigenvalue weighted by atomic mass is 16.5. The Hall–Kier alpha value is -2.87. The minimum atomic E-state index is -0.132. The van der Waals surface area contributed by atoms with Gasteiger partial charge in [0.25, 0.3) is 5.91 Å². The van der Waals surface area contributed by atoms with E-state index in [4.69, 9.17) is 10.00 Å². The van der Waals surface area contributed by atoms with Crippen molar-refractivity contribution < 1.29 is 9.53 Å². The van der Waals surface area contributed by atoms with Crippen molar-refractivity contribution in [1.29, 1.82) is 5.26 Å². The fraction of sp³-hybridized carbons (Fsp3) is 0.278. The molecule has 0 saturated heterocycles. The zero-order valence-electron chi connectivity index (χ0n) is 13.3. The van der Waals surface area contributed by atoms with Gasteiger partial charge in [-0.3, -0.25) is 9.78 Å². The number of hydrogen-bond acceptors (Lipinski definition) is 4. The molecule has 0 aliphatic heterocycles. The summed E-state index contributed by atoms with van der Waals surface area (Å²) in [5.41, 5.74) is 1.50. The molecule has 5 nitrogen and oxygen atoms in total. The predicted octanol–water partition coefficient (Wildman–Crippen LogP) is 3.03. The summed E-state index contributed by atoms with van der Waals surface area (Å²) in [7, 11) is 1.70. The van der Waals surface area contributed by atoms with E-state index in [0.29, 0.717) is 24.3 Å². The Morgan fingerprint density at radius 2 is 2.22 bits per heavy atom. The Bertz CT molecular complexity index is 695. The second kappa shape index (κ2) is 7.95. The first-order chi connectivity index (χ1) is 11.1. The van der Waals surface area contributed by atoms with E-state index >= 15 is 0 Å². The van der Waals surface area contributed by atoms with E-state index in [-0.39, 0.29) is 11.9 Å². The number of nitriles is 1. The number of carbonyl (C=O) groups is 1. The molecule has 0 spiro atoms. The van der Waals surface area contributed by atoms with Gasteiger partial charge in [0.05, 0.1) is 12.5 Å². The monoisotopic (exact) mass is 309 g/mol. The van der Waals surface area contributed by atoms with Crippen LogP contribution in [0.2, 0.25) is 0 Å². The van der Waals surface area contributed by atoms with Crippen LogP contribution in [0.15, 0.2) is 48.8 Å². The van der Waals surface area contributed by atoms with Crippen LogP contribution in [0.25, 0.3) is 0 Å². The predicted molar refractivity (Wildman–Crippen MR) is 86.8 cm³/mol. The largest absolute Gasteiger partial charge is 0.489 e. The van der Waals surface area contributed by atoms with Crippen LogP contribution < -0.4 is 4.74 Å². The molecule has 0 saturated carbocycles. The fourth-order valence-corrected chi connectivity index (χ4v) is 2.04. The normalized spacial score (nSPS) is 11.3. The smallest absolute Gasteiger partial charge is 0.254 e. The molecule has 0 fully saturated rings. The van der Waals surface area contributed by atoms with E-state index in [1.54, 1.807) is 42.5 Å². The van der Waals surface area contributed by atoms with Gasteiger partial charge in [0.15, 0.2) is 0 Å². The van der Waals surface area contributed by atoms with Crippen LogP contribution in [0.1, 0.15) is 29.3 Å². The number of rotatable bonds is 6. The van der Waals surface area contributed by atoms with Crippen LogP contribution in [0.3, 0.4) is 0 Å².